The molecule has 3 N–H and O–H groups in total. The predicted molar refractivity (Wildman–Crippen MR) is 93.5 cm³/mol. The van der Waals surface area contributed by atoms with Crippen LogP contribution in [0.1, 0.15) is 66.2 Å². The van der Waals surface area contributed by atoms with Crippen LogP contribution in [-0.4, -0.2) is 42.5 Å². The fourth-order valence-electron chi connectivity index (χ4n) is 3.34. The van der Waals surface area contributed by atoms with Gasteiger partial charge >= 0.3 is 6.09 Å². The SMILES string of the molecule is CCCC(CCO)CNC1CCCC1CNC(=O)OC(C)(C)C. The number of aliphatic hydroxyl groups is 1. The van der Waals surface area contributed by atoms with Gasteiger partial charge in [0.2, 0.25) is 0 Å². The molecular weight excluding hydrogens is 292 g/mol. The second kappa shape index (κ2) is 10.1. The third-order valence-corrected chi connectivity index (χ3v) is 4.47. The molecule has 136 valence electrons. The van der Waals surface area contributed by atoms with Crippen molar-refractivity contribution in [1.29, 1.82) is 0 Å². The summed E-state index contributed by atoms with van der Waals surface area (Å²) >= 11 is 0. The van der Waals surface area contributed by atoms with Crippen LogP contribution >= 0.6 is 0 Å². The monoisotopic (exact) mass is 328 g/mol. The van der Waals surface area contributed by atoms with Gasteiger partial charge in [-0.15, -0.1) is 0 Å². The van der Waals surface area contributed by atoms with Crippen LogP contribution in [-0.2, 0) is 4.74 Å². The normalized spacial score (nSPS) is 22.8. The van der Waals surface area contributed by atoms with Crippen LogP contribution in [0.25, 0.3) is 0 Å². The van der Waals surface area contributed by atoms with Crippen LogP contribution < -0.4 is 10.6 Å². The molecule has 0 aromatic heterocycles. The van der Waals surface area contributed by atoms with Gasteiger partial charge in [0.25, 0.3) is 0 Å². The van der Waals surface area contributed by atoms with E-state index in [9.17, 15) is 4.79 Å². The van der Waals surface area contributed by atoms with Crippen molar-refractivity contribution in [2.75, 3.05) is 19.7 Å². The fourth-order valence-corrected chi connectivity index (χ4v) is 3.34. The van der Waals surface area contributed by atoms with Gasteiger partial charge in [-0.1, -0.05) is 19.8 Å². The largest absolute Gasteiger partial charge is 0.444 e. The van der Waals surface area contributed by atoms with Gasteiger partial charge in [-0.25, -0.2) is 4.79 Å². The van der Waals surface area contributed by atoms with Crippen LogP contribution in [0.5, 0.6) is 0 Å². The third kappa shape index (κ3) is 8.56. The lowest BCUT2D eigenvalue weighted by atomic mass is 9.98. The highest BCUT2D eigenvalue weighted by Gasteiger charge is 2.28. The number of carbonyl (C=O) groups is 1. The lowest BCUT2D eigenvalue weighted by Crippen LogP contribution is -2.42. The maximum absolute atomic E-state index is 11.8. The Labute approximate surface area is 141 Å². The standard InChI is InChI=1S/C18H36N2O3/c1-5-7-14(10-11-21)12-19-16-9-6-8-15(16)13-20-17(22)23-18(2,3)4/h14-16,19,21H,5-13H2,1-4H3,(H,20,22). The molecule has 0 bridgehead atoms. The zero-order chi connectivity index (χ0) is 17.3. The molecule has 1 amide bonds. The molecule has 1 aliphatic carbocycles. The maximum Gasteiger partial charge on any atom is 0.407 e. The number of amides is 1. The Hall–Kier alpha value is -0.810. The Balaban J connectivity index is 2.34. The Kier molecular flexibility index (Phi) is 8.92. The van der Waals surface area contributed by atoms with Crippen LogP contribution in [0.15, 0.2) is 0 Å². The summed E-state index contributed by atoms with van der Waals surface area (Å²) in [7, 11) is 0. The average molecular weight is 328 g/mol. The van der Waals surface area contributed by atoms with E-state index in [2.05, 4.69) is 17.6 Å². The molecular formula is C18H36N2O3. The lowest BCUT2D eigenvalue weighted by molar-refractivity contribution is 0.0517. The first-order valence-corrected chi connectivity index (χ1v) is 9.16. The van der Waals surface area contributed by atoms with Crippen LogP contribution in [0.2, 0.25) is 0 Å². The number of aliphatic hydroxyl groups excluding tert-OH is 1. The summed E-state index contributed by atoms with van der Waals surface area (Å²) in [4.78, 5) is 11.8. The number of carbonyl (C=O) groups excluding carboxylic acids is 1. The molecule has 3 atom stereocenters. The van der Waals surface area contributed by atoms with Crippen molar-refractivity contribution < 1.29 is 14.6 Å². The quantitative estimate of drug-likeness (QED) is 0.608. The van der Waals surface area contributed by atoms with Gasteiger partial charge in [-0.2, -0.15) is 0 Å². The highest BCUT2D eigenvalue weighted by molar-refractivity contribution is 5.67. The van der Waals surface area contributed by atoms with E-state index < -0.39 is 5.60 Å². The number of alkyl carbamates (subject to hydrolysis) is 1. The van der Waals surface area contributed by atoms with Gasteiger partial charge in [0.15, 0.2) is 0 Å². The van der Waals surface area contributed by atoms with E-state index in [1.54, 1.807) is 0 Å². The molecule has 23 heavy (non-hydrogen) atoms. The lowest BCUT2D eigenvalue weighted by Gasteiger charge is -2.25. The molecule has 1 saturated carbocycles. The summed E-state index contributed by atoms with van der Waals surface area (Å²) in [6.45, 7) is 9.71. The van der Waals surface area contributed by atoms with Crippen molar-refractivity contribution >= 4 is 6.09 Å². The molecule has 5 heteroatoms. The van der Waals surface area contributed by atoms with E-state index in [4.69, 9.17) is 9.84 Å². The Morgan fingerprint density at radius 2 is 2.04 bits per heavy atom. The zero-order valence-corrected chi connectivity index (χ0v) is 15.4. The van der Waals surface area contributed by atoms with Gasteiger partial charge in [0.05, 0.1) is 0 Å². The molecule has 1 aliphatic rings. The molecule has 0 heterocycles. The maximum atomic E-state index is 11.8. The van der Waals surface area contributed by atoms with Crippen molar-refractivity contribution in [1.82, 2.24) is 10.6 Å². The molecule has 1 fully saturated rings. The molecule has 0 aromatic rings. The molecule has 0 aromatic carbocycles. The van der Waals surface area contributed by atoms with E-state index in [1.807, 2.05) is 20.8 Å². The first-order valence-electron chi connectivity index (χ1n) is 9.16. The van der Waals surface area contributed by atoms with Crippen molar-refractivity contribution in [2.24, 2.45) is 11.8 Å². The Morgan fingerprint density at radius 1 is 1.30 bits per heavy atom. The second-order valence-corrected chi connectivity index (χ2v) is 7.76. The van der Waals surface area contributed by atoms with Crippen molar-refractivity contribution in [2.45, 2.75) is 77.9 Å². The third-order valence-electron chi connectivity index (χ3n) is 4.47. The fraction of sp³-hybridized carbons (Fsp3) is 0.944. The van der Waals surface area contributed by atoms with Crippen LogP contribution in [0, 0.1) is 11.8 Å². The minimum absolute atomic E-state index is 0.265. The van der Waals surface area contributed by atoms with Gasteiger partial charge in [0, 0.05) is 19.2 Å². The van der Waals surface area contributed by atoms with Gasteiger partial charge in [-0.3, -0.25) is 0 Å². The molecule has 0 aliphatic heterocycles. The highest BCUT2D eigenvalue weighted by Crippen LogP contribution is 2.25. The highest BCUT2D eigenvalue weighted by atomic mass is 16.6. The number of hydrogen-bond acceptors (Lipinski definition) is 4. The smallest absolute Gasteiger partial charge is 0.407 e. The summed E-state index contributed by atoms with van der Waals surface area (Å²) in [6.07, 6.45) is 6.37. The summed E-state index contributed by atoms with van der Waals surface area (Å²) in [6, 6.07) is 0.461. The number of ether oxygens (including phenoxy) is 1. The first kappa shape index (κ1) is 20.2. The Bertz CT molecular complexity index is 336. The van der Waals surface area contributed by atoms with Crippen molar-refractivity contribution in [3.63, 3.8) is 0 Å². The summed E-state index contributed by atoms with van der Waals surface area (Å²) < 4.78 is 5.30. The number of rotatable bonds is 9. The Morgan fingerprint density at radius 3 is 2.65 bits per heavy atom. The van der Waals surface area contributed by atoms with E-state index in [-0.39, 0.29) is 12.7 Å². The zero-order valence-electron chi connectivity index (χ0n) is 15.4. The average Bonchev–Trinajstić information content (AvgIpc) is 2.88. The van der Waals surface area contributed by atoms with E-state index >= 15 is 0 Å². The van der Waals surface area contributed by atoms with E-state index in [0.717, 1.165) is 32.2 Å². The van der Waals surface area contributed by atoms with E-state index in [0.29, 0.717) is 24.4 Å². The molecule has 0 spiro atoms. The molecule has 0 saturated heterocycles. The second-order valence-electron chi connectivity index (χ2n) is 7.76. The van der Waals surface area contributed by atoms with Crippen LogP contribution in [0.4, 0.5) is 4.79 Å². The van der Waals surface area contributed by atoms with Crippen molar-refractivity contribution in [3.05, 3.63) is 0 Å². The van der Waals surface area contributed by atoms with Crippen LogP contribution in [0.3, 0.4) is 0 Å². The predicted octanol–water partition coefficient (Wildman–Crippen LogP) is 3.07. The molecule has 3 unspecified atom stereocenters. The summed E-state index contributed by atoms with van der Waals surface area (Å²) in [5.74, 6) is 1.02. The van der Waals surface area contributed by atoms with Gasteiger partial charge < -0.3 is 20.5 Å². The summed E-state index contributed by atoms with van der Waals surface area (Å²) in [5.41, 5.74) is -0.449. The molecule has 0 radical (unpaired) electrons. The van der Waals surface area contributed by atoms with Gasteiger partial charge in [-0.05, 0) is 64.8 Å². The van der Waals surface area contributed by atoms with Crippen molar-refractivity contribution in [3.8, 4) is 0 Å². The van der Waals surface area contributed by atoms with Gasteiger partial charge in [0.1, 0.15) is 5.60 Å². The summed E-state index contributed by atoms with van der Waals surface area (Å²) in [5, 5.41) is 15.7. The molecule has 5 nitrogen and oxygen atoms in total. The topological polar surface area (TPSA) is 70.6 Å². The number of nitrogens with one attached hydrogen (secondary N) is 2. The first-order chi connectivity index (χ1) is 10.9. The molecule has 1 rings (SSSR count). The van der Waals surface area contributed by atoms with E-state index in [1.165, 1.54) is 12.8 Å². The number of hydrogen-bond donors (Lipinski definition) is 3. The minimum atomic E-state index is -0.449. The minimum Gasteiger partial charge on any atom is -0.444 e.